The molecule has 1 aliphatic carbocycles. The molecule has 0 bridgehead atoms. The molecule has 0 radical (unpaired) electrons. The summed E-state index contributed by atoms with van der Waals surface area (Å²) in [5.41, 5.74) is 5.60. The first kappa shape index (κ1) is 12.3. The van der Waals surface area contributed by atoms with Crippen LogP contribution in [0.1, 0.15) is 32.1 Å². The maximum Gasteiger partial charge on any atom is 0.0121 e. The van der Waals surface area contributed by atoms with E-state index in [1.807, 2.05) is 0 Å². The largest absolute Gasteiger partial charge is 0.329 e. The van der Waals surface area contributed by atoms with Crippen LogP contribution in [-0.2, 0) is 0 Å². The maximum absolute atomic E-state index is 5.60. The molecule has 2 fully saturated rings. The fraction of sp³-hybridized carbons (Fsp3) is 1.00. The molecule has 0 spiro atoms. The van der Waals surface area contributed by atoms with Gasteiger partial charge in [-0.25, -0.2) is 0 Å². The minimum Gasteiger partial charge on any atom is -0.329 e. The van der Waals surface area contributed by atoms with E-state index in [9.17, 15) is 0 Å². The molecule has 1 heterocycles. The molecule has 0 aromatic heterocycles. The second-order valence-corrected chi connectivity index (χ2v) is 5.47. The monoisotopic (exact) mass is 225 g/mol. The molecule has 94 valence electrons. The first-order chi connectivity index (χ1) is 7.85. The summed E-state index contributed by atoms with van der Waals surface area (Å²) in [5.74, 6) is 1.88. The molecule has 0 aromatic carbocycles. The molecular formula is C13H27N3. The molecule has 3 heteroatoms. The van der Waals surface area contributed by atoms with Crippen LogP contribution in [0.5, 0.6) is 0 Å². The van der Waals surface area contributed by atoms with Crippen molar-refractivity contribution in [3.63, 3.8) is 0 Å². The van der Waals surface area contributed by atoms with Crippen LogP contribution in [0.25, 0.3) is 0 Å². The highest BCUT2D eigenvalue weighted by Crippen LogP contribution is 2.35. The number of piperidine rings is 1. The standard InChI is InChI=1S/C13H27N3/c1-15-13(11-3-2-4-11)12-5-8-16(9-6-12)10-7-14/h11-13,15H,2-10,14H2,1H3. The van der Waals surface area contributed by atoms with Crippen molar-refractivity contribution in [2.75, 3.05) is 33.2 Å². The van der Waals surface area contributed by atoms with Gasteiger partial charge in [-0.2, -0.15) is 0 Å². The fourth-order valence-corrected chi connectivity index (χ4v) is 3.37. The van der Waals surface area contributed by atoms with Crippen molar-refractivity contribution in [3.05, 3.63) is 0 Å². The van der Waals surface area contributed by atoms with Crippen molar-refractivity contribution < 1.29 is 0 Å². The van der Waals surface area contributed by atoms with Gasteiger partial charge >= 0.3 is 0 Å². The molecule has 1 saturated heterocycles. The summed E-state index contributed by atoms with van der Waals surface area (Å²) in [6.07, 6.45) is 7.09. The number of likely N-dealkylation sites (tertiary alicyclic amines) is 1. The van der Waals surface area contributed by atoms with Crippen molar-refractivity contribution in [1.82, 2.24) is 10.2 Å². The fourth-order valence-electron chi connectivity index (χ4n) is 3.37. The summed E-state index contributed by atoms with van der Waals surface area (Å²) in [4.78, 5) is 2.52. The Labute approximate surface area is 99.8 Å². The minimum absolute atomic E-state index is 0.786. The van der Waals surface area contributed by atoms with Gasteiger partial charge in [0.15, 0.2) is 0 Å². The molecule has 2 rings (SSSR count). The Morgan fingerprint density at radius 1 is 1.19 bits per heavy atom. The molecular weight excluding hydrogens is 198 g/mol. The van der Waals surface area contributed by atoms with Gasteiger partial charge in [0, 0.05) is 19.1 Å². The van der Waals surface area contributed by atoms with Gasteiger partial charge in [0.25, 0.3) is 0 Å². The first-order valence-corrected chi connectivity index (χ1v) is 6.95. The molecule has 16 heavy (non-hydrogen) atoms. The molecule has 1 aliphatic heterocycles. The normalized spacial score (nSPS) is 26.6. The Balaban J connectivity index is 1.77. The lowest BCUT2D eigenvalue weighted by molar-refractivity contribution is 0.113. The smallest absolute Gasteiger partial charge is 0.0121 e. The Hall–Kier alpha value is -0.120. The lowest BCUT2D eigenvalue weighted by Crippen LogP contribution is -2.48. The number of rotatable bonds is 5. The molecule has 0 aromatic rings. The Morgan fingerprint density at radius 2 is 1.81 bits per heavy atom. The van der Waals surface area contributed by atoms with E-state index in [0.717, 1.165) is 31.0 Å². The number of nitrogens with zero attached hydrogens (tertiary/aromatic N) is 1. The van der Waals surface area contributed by atoms with E-state index in [2.05, 4.69) is 17.3 Å². The second kappa shape index (κ2) is 5.99. The zero-order chi connectivity index (χ0) is 11.4. The van der Waals surface area contributed by atoms with Crippen molar-refractivity contribution in [2.24, 2.45) is 17.6 Å². The van der Waals surface area contributed by atoms with Crippen LogP contribution >= 0.6 is 0 Å². The van der Waals surface area contributed by atoms with Crippen molar-refractivity contribution in [1.29, 1.82) is 0 Å². The third kappa shape index (κ3) is 2.76. The van der Waals surface area contributed by atoms with Gasteiger partial charge in [0.05, 0.1) is 0 Å². The summed E-state index contributed by atoms with van der Waals surface area (Å²) >= 11 is 0. The van der Waals surface area contributed by atoms with E-state index >= 15 is 0 Å². The van der Waals surface area contributed by atoms with Gasteiger partial charge in [-0.15, -0.1) is 0 Å². The van der Waals surface area contributed by atoms with Crippen LogP contribution in [-0.4, -0.2) is 44.2 Å². The SMILES string of the molecule is CNC(C1CCC1)C1CCN(CCN)CC1. The highest BCUT2D eigenvalue weighted by Gasteiger charge is 2.33. The zero-order valence-electron chi connectivity index (χ0n) is 10.6. The molecule has 1 saturated carbocycles. The van der Waals surface area contributed by atoms with Gasteiger partial charge in [-0.05, 0) is 57.7 Å². The van der Waals surface area contributed by atoms with Crippen molar-refractivity contribution >= 4 is 0 Å². The molecule has 2 aliphatic rings. The second-order valence-electron chi connectivity index (χ2n) is 5.47. The highest BCUT2D eigenvalue weighted by molar-refractivity contribution is 4.89. The lowest BCUT2D eigenvalue weighted by atomic mass is 9.72. The summed E-state index contributed by atoms with van der Waals surface area (Å²) in [5, 5.41) is 3.58. The van der Waals surface area contributed by atoms with Gasteiger partial charge in [0.1, 0.15) is 0 Å². The molecule has 1 atom stereocenters. The number of hydrogen-bond donors (Lipinski definition) is 2. The third-order valence-corrected chi connectivity index (χ3v) is 4.58. The predicted octanol–water partition coefficient (Wildman–Crippen LogP) is 1.05. The summed E-state index contributed by atoms with van der Waals surface area (Å²) in [7, 11) is 2.15. The number of nitrogens with one attached hydrogen (secondary N) is 1. The lowest BCUT2D eigenvalue weighted by Gasteiger charge is -2.42. The Kier molecular flexibility index (Phi) is 4.62. The zero-order valence-corrected chi connectivity index (χ0v) is 10.6. The Morgan fingerprint density at radius 3 is 2.25 bits per heavy atom. The quantitative estimate of drug-likeness (QED) is 0.735. The topological polar surface area (TPSA) is 41.3 Å². The predicted molar refractivity (Wildman–Crippen MR) is 68.4 cm³/mol. The minimum atomic E-state index is 0.786. The molecule has 3 N–H and O–H groups in total. The first-order valence-electron chi connectivity index (χ1n) is 6.95. The van der Waals surface area contributed by atoms with Crippen molar-refractivity contribution in [2.45, 2.75) is 38.1 Å². The van der Waals surface area contributed by atoms with Crippen LogP contribution in [0.15, 0.2) is 0 Å². The van der Waals surface area contributed by atoms with E-state index in [4.69, 9.17) is 5.73 Å². The van der Waals surface area contributed by atoms with Gasteiger partial charge in [0.2, 0.25) is 0 Å². The van der Waals surface area contributed by atoms with Gasteiger partial charge in [-0.1, -0.05) is 6.42 Å². The van der Waals surface area contributed by atoms with Gasteiger partial charge < -0.3 is 16.0 Å². The number of nitrogens with two attached hydrogens (primary N) is 1. The number of hydrogen-bond acceptors (Lipinski definition) is 3. The maximum atomic E-state index is 5.60. The van der Waals surface area contributed by atoms with Gasteiger partial charge in [-0.3, -0.25) is 0 Å². The van der Waals surface area contributed by atoms with E-state index in [-0.39, 0.29) is 0 Å². The van der Waals surface area contributed by atoms with Crippen LogP contribution in [0.3, 0.4) is 0 Å². The van der Waals surface area contributed by atoms with E-state index in [1.165, 1.54) is 45.2 Å². The molecule has 3 nitrogen and oxygen atoms in total. The average Bonchev–Trinajstić information content (AvgIpc) is 2.25. The van der Waals surface area contributed by atoms with E-state index in [1.54, 1.807) is 0 Å². The average molecular weight is 225 g/mol. The summed E-state index contributed by atoms with van der Waals surface area (Å²) in [6, 6.07) is 0.786. The summed E-state index contributed by atoms with van der Waals surface area (Å²) < 4.78 is 0. The third-order valence-electron chi connectivity index (χ3n) is 4.58. The van der Waals surface area contributed by atoms with Crippen molar-refractivity contribution in [3.8, 4) is 0 Å². The van der Waals surface area contributed by atoms with E-state index < -0.39 is 0 Å². The summed E-state index contributed by atoms with van der Waals surface area (Å²) in [6.45, 7) is 4.41. The van der Waals surface area contributed by atoms with Crippen LogP contribution in [0, 0.1) is 11.8 Å². The molecule has 0 amide bonds. The van der Waals surface area contributed by atoms with Crippen LogP contribution in [0.4, 0.5) is 0 Å². The Bertz CT molecular complexity index is 195. The van der Waals surface area contributed by atoms with Crippen LogP contribution < -0.4 is 11.1 Å². The van der Waals surface area contributed by atoms with E-state index in [0.29, 0.717) is 0 Å². The van der Waals surface area contributed by atoms with Crippen LogP contribution in [0.2, 0.25) is 0 Å². The molecule has 1 unspecified atom stereocenters. The highest BCUT2D eigenvalue weighted by atomic mass is 15.1.